The lowest BCUT2D eigenvalue weighted by atomic mass is 10.2. The van der Waals surface area contributed by atoms with Crippen molar-refractivity contribution in [2.45, 2.75) is 20.0 Å². The highest BCUT2D eigenvalue weighted by atomic mass is 35.5. The lowest BCUT2D eigenvalue weighted by Crippen LogP contribution is -2.14. The summed E-state index contributed by atoms with van der Waals surface area (Å²) in [6.07, 6.45) is 0.0918. The van der Waals surface area contributed by atoms with E-state index in [0.29, 0.717) is 12.3 Å². The SMILES string of the molecule is CC(C)OCCOC(=O)c1cc(N)cc(Cl)c1Cl. The molecule has 100 valence electrons. The van der Waals surface area contributed by atoms with Crippen LogP contribution in [0.4, 0.5) is 5.69 Å². The van der Waals surface area contributed by atoms with E-state index < -0.39 is 5.97 Å². The minimum Gasteiger partial charge on any atom is -0.460 e. The largest absolute Gasteiger partial charge is 0.460 e. The van der Waals surface area contributed by atoms with Gasteiger partial charge in [-0.15, -0.1) is 0 Å². The summed E-state index contributed by atoms with van der Waals surface area (Å²) < 4.78 is 10.3. The zero-order valence-corrected chi connectivity index (χ0v) is 11.7. The standard InChI is InChI=1S/C12H15Cl2NO3/c1-7(2)17-3-4-18-12(16)9-5-8(15)6-10(13)11(9)14/h5-7H,3-4,15H2,1-2H3. The summed E-state index contributed by atoms with van der Waals surface area (Å²) in [5.41, 5.74) is 6.10. The summed E-state index contributed by atoms with van der Waals surface area (Å²) in [6, 6.07) is 2.91. The maximum Gasteiger partial charge on any atom is 0.339 e. The Morgan fingerprint density at radius 1 is 1.33 bits per heavy atom. The number of ether oxygens (including phenoxy) is 2. The lowest BCUT2D eigenvalue weighted by molar-refractivity contribution is 0.0177. The van der Waals surface area contributed by atoms with Gasteiger partial charge in [-0.1, -0.05) is 23.2 Å². The second kappa shape index (κ2) is 6.83. The molecule has 0 bridgehead atoms. The van der Waals surface area contributed by atoms with E-state index in [0.717, 1.165) is 0 Å². The number of halogens is 2. The Morgan fingerprint density at radius 3 is 2.61 bits per heavy atom. The Kier molecular flexibility index (Phi) is 5.72. The second-order valence-electron chi connectivity index (χ2n) is 3.92. The van der Waals surface area contributed by atoms with Crippen molar-refractivity contribution in [2.75, 3.05) is 18.9 Å². The smallest absolute Gasteiger partial charge is 0.339 e. The molecule has 0 heterocycles. The summed E-state index contributed by atoms with van der Waals surface area (Å²) in [6.45, 7) is 4.28. The molecule has 1 aromatic carbocycles. The van der Waals surface area contributed by atoms with E-state index in [-0.39, 0.29) is 28.3 Å². The minimum atomic E-state index is -0.568. The first kappa shape index (κ1) is 15.1. The Balaban J connectivity index is 2.62. The number of carbonyl (C=O) groups excluding carboxylic acids is 1. The molecule has 0 aliphatic rings. The predicted molar refractivity (Wildman–Crippen MR) is 72.2 cm³/mol. The van der Waals surface area contributed by atoms with Gasteiger partial charge in [0.25, 0.3) is 0 Å². The van der Waals surface area contributed by atoms with Crippen molar-refractivity contribution < 1.29 is 14.3 Å². The highest BCUT2D eigenvalue weighted by Gasteiger charge is 2.15. The van der Waals surface area contributed by atoms with Gasteiger partial charge in [0, 0.05) is 5.69 Å². The first-order chi connectivity index (χ1) is 8.41. The van der Waals surface area contributed by atoms with Crippen LogP contribution in [0.15, 0.2) is 12.1 Å². The highest BCUT2D eigenvalue weighted by Crippen LogP contribution is 2.29. The van der Waals surface area contributed by atoms with Crippen LogP contribution >= 0.6 is 23.2 Å². The van der Waals surface area contributed by atoms with E-state index in [1.54, 1.807) is 0 Å². The van der Waals surface area contributed by atoms with Gasteiger partial charge >= 0.3 is 5.97 Å². The molecule has 0 saturated heterocycles. The van der Waals surface area contributed by atoms with E-state index >= 15 is 0 Å². The van der Waals surface area contributed by atoms with Crippen molar-refractivity contribution >= 4 is 34.9 Å². The molecule has 6 heteroatoms. The Hall–Kier alpha value is -0.970. The summed E-state index contributed by atoms with van der Waals surface area (Å²) in [5, 5.41) is 0.364. The highest BCUT2D eigenvalue weighted by molar-refractivity contribution is 6.44. The topological polar surface area (TPSA) is 61.5 Å². The monoisotopic (exact) mass is 291 g/mol. The molecule has 0 spiro atoms. The molecule has 0 atom stereocenters. The van der Waals surface area contributed by atoms with Gasteiger partial charge in [-0.2, -0.15) is 0 Å². The van der Waals surface area contributed by atoms with Crippen molar-refractivity contribution in [1.82, 2.24) is 0 Å². The van der Waals surface area contributed by atoms with Crippen molar-refractivity contribution in [2.24, 2.45) is 0 Å². The summed E-state index contributed by atoms with van der Waals surface area (Å²) in [7, 11) is 0. The van der Waals surface area contributed by atoms with Crippen molar-refractivity contribution in [3.63, 3.8) is 0 Å². The molecule has 0 aromatic heterocycles. The number of rotatable bonds is 5. The zero-order valence-electron chi connectivity index (χ0n) is 10.2. The number of carbonyl (C=O) groups is 1. The van der Waals surface area contributed by atoms with Gasteiger partial charge in [0.1, 0.15) is 6.61 Å². The molecule has 0 radical (unpaired) electrons. The van der Waals surface area contributed by atoms with Gasteiger partial charge in [-0.25, -0.2) is 4.79 Å². The average molecular weight is 292 g/mol. The van der Waals surface area contributed by atoms with E-state index in [1.807, 2.05) is 13.8 Å². The Morgan fingerprint density at radius 2 is 2.00 bits per heavy atom. The molecule has 1 aromatic rings. The average Bonchev–Trinajstić information content (AvgIpc) is 2.28. The molecule has 18 heavy (non-hydrogen) atoms. The summed E-state index contributed by atoms with van der Waals surface area (Å²) in [5.74, 6) is -0.568. The fourth-order valence-electron chi connectivity index (χ4n) is 1.25. The van der Waals surface area contributed by atoms with Crippen LogP contribution in [0.3, 0.4) is 0 Å². The van der Waals surface area contributed by atoms with Crippen molar-refractivity contribution in [3.8, 4) is 0 Å². The van der Waals surface area contributed by atoms with Gasteiger partial charge in [0.05, 0.1) is 28.3 Å². The fraction of sp³-hybridized carbons (Fsp3) is 0.417. The molecule has 0 unspecified atom stereocenters. The zero-order chi connectivity index (χ0) is 13.7. The van der Waals surface area contributed by atoms with Gasteiger partial charge in [-0.3, -0.25) is 0 Å². The second-order valence-corrected chi connectivity index (χ2v) is 4.70. The van der Waals surface area contributed by atoms with Crippen LogP contribution in [0.1, 0.15) is 24.2 Å². The van der Waals surface area contributed by atoms with Crippen LogP contribution < -0.4 is 5.73 Å². The maximum absolute atomic E-state index is 11.7. The van der Waals surface area contributed by atoms with E-state index in [4.69, 9.17) is 38.4 Å². The number of hydrogen-bond donors (Lipinski definition) is 1. The third kappa shape index (κ3) is 4.37. The molecule has 4 nitrogen and oxygen atoms in total. The number of nitrogen functional groups attached to an aromatic ring is 1. The number of esters is 1. The maximum atomic E-state index is 11.7. The van der Waals surface area contributed by atoms with Crippen LogP contribution in [-0.4, -0.2) is 25.3 Å². The van der Waals surface area contributed by atoms with Crippen LogP contribution in [0, 0.1) is 0 Å². The van der Waals surface area contributed by atoms with Crippen molar-refractivity contribution in [3.05, 3.63) is 27.7 Å². The van der Waals surface area contributed by atoms with Gasteiger partial charge in [0.15, 0.2) is 0 Å². The summed E-state index contributed by atoms with van der Waals surface area (Å²) in [4.78, 5) is 11.7. The molecule has 0 aliphatic carbocycles. The van der Waals surface area contributed by atoms with Gasteiger partial charge in [0.2, 0.25) is 0 Å². The molecule has 0 fully saturated rings. The molecule has 0 amide bonds. The lowest BCUT2D eigenvalue weighted by Gasteiger charge is -2.10. The molecular formula is C12H15Cl2NO3. The Bertz CT molecular complexity index is 436. The fourth-order valence-corrected chi connectivity index (χ4v) is 1.67. The van der Waals surface area contributed by atoms with Crippen LogP contribution in [0.2, 0.25) is 10.0 Å². The van der Waals surface area contributed by atoms with Gasteiger partial charge in [-0.05, 0) is 26.0 Å². The molecule has 0 aliphatic heterocycles. The third-order valence-corrected chi connectivity index (χ3v) is 2.84. The van der Waals surface area contributed by atoms with Gasteiger partial charge < -0.3 is 15.2 Å². The quantitative estimate of drug-likeness (QED) is 0.514. The van der Waals surface area contributed by atoms with E-state index in [9.17, 15) is 4.79 Å². The number of nitrogens with two attached hydrogens (primary N) is 1. The number of hydrogen-bond acceptors (Lipinski definition) is 4. The molecule has 1 rings (SSSR count). The first-order valence-electron chi connectivity index (χ1n) is 5.45. The summed E-state index contributed by atoms with van der Waals surface area (Å²) >= 11 is 11.7. The normalized spacial score (nSPS) is 10.7. The molecule has 0 saturated carbocycles. The molecular weight excluding hydrogens is 277 g/mol. The van der Waals surface area contributed by atoms with E-state index in [1.165, 1.54) is 12.1 Å². The van der Waals surface area contributed by atoms with Crippen LogP contribution in [0.5, 0.6) is 0 Å². The van der Waals surface area contributed by atoms with Crippen LogP contribution in [-0.2, 0) is 9.47 Å². The van der Waals surface area contributed by atoms with E-state index in [2.05, 4.69) is 0 Å². The van der Waals surface area contributed by atoms with Crippen LogP contribution in [0.25, 0.3) is 0 Å². The number of benzene rings is 1. The number of anilines is 1. The first-order valence-corrected chi connectivity index (χ1v) is 6.20. The predicted octanol–water partition coefficient (Wildman–Crippen LogP) is 3.16. The Labute approximate surface area is 116 Å². The molecule has 2 N–H and O–H groups in total. The minimum absolute atomic E-state index is 0.0918. The third-order valence-electron chi connectivity index (χ3n) is 2.04. The van der Waals surface area contributed by atoms with Crippen molar-refractivity contribution in [1.29, 1.82) is 0 Å².